The molecule has 0 radical (unpaired) electrons. The lowest BCUT2D eigenvalue weighted by Gasteiger charge is -2.61. The number of esters is 2. The van der Waals surface area contributed by atoms with Crippen molar-refractivity contribution in [3.05, 3.63) is 70.8 Å². The SMILES string of the molecule is CC(C)C12CCC(C)(CC1)C(OC(=O)c1ccc(C(F)(F)F)cc1)C2OC(=O)c1ccc(C(F)(F)F)cc1. The second kappa shape index (κ2) is 9.61. The first-order valence-electron chi connectivity index (χ1n) is 12.3. The molecule has 4 nitrogen and oxygen atoms in total. The van der Waals surface area contributed by atoms with Crippen molar-refractivity contribution in [3.63, 3.8) is 0 Å². The monoisotopic (exact) mass is 542 g/mol. The molecule has 0 N–H and O–H groups in total. The van der Waals surface area contributed by atoms with Gasteiger partial charge >= 0.3 is 24.3 Å². The third kappa shape index (κ3) is 5.14. The van der Waals surface area contributed by atoms with Crippen LogP contribution in [-0.4, -0.2) is 24.1 Å². The molecule has 2 aromatic rings. The summed E-state index contributed by atoms with van der Waals surface area (Å²) in [5.41, 5.74) is -3.04. The van der Waals surface area contributed by atoms with E-state index < -0.39 is 58.5 Å². The van der Waals surface area contributed by atoms with E-state index in [2.05, 4.69) is 0 Å². The molecule has 0 saturated heterocycles. The second-order valence-electron chi connectivity index (χ2n) is 10.8. The van der Waals surface area contributed by atoms with Crippen LogP contribution in [0.3, 0.4) is 0 Å². The average molecular weight is 543 g/mol. The van der Waals surface area contributed by atoms with Gasteiger partial charge in [0, 0.05) is 10.8 Å². The maximum Gasteiger partial charge on any atom is 0.416 e. The van der Waals surface area contributed by atoms with Crippen molar-refractivity contribution in [2.45, 2.75) is 71.0 Å². The van der Waals surface area contributed by atoms with Crippen LogP contribution in [0.4, 0.5) is 26.3 Å². The minimum absolute atomic E-state index is 0.0185. The maximum atomic E-state index is 13.1. The summed E-state index contributed by atoms with van der Waals surface area (Å²) >= 11 is 0. The van der Waals surface area contributed by atoms with Crippen LogP contribution in [0.15, 0.2) is 48.5 Å². The molecule has 2 unspecified atom stereocenters. The van der Waals surface area contributed by atoms with Crippen LogP contribution >= 0.6 is 0 Å². The Morgan fingerprint density at radius 3 is 1.42 bits per heavy atom. The molecule has 2 atom stereocenters. The van der Waals surface area contributed by atoms with E-state index >= 15 is 0 Å². The molecule has 38 heavy (non-hydrogen) atoms. The quantitative estimate of drug-likeness (QED) is 0.287. The molecule has 0 spiro atoms. The molecular weight excluding hydrogens is 514 g/mol. The van der Waals surface area contributed by atoms with Crippen LogP contribution in [0.25, 0.3) is 0 Å². The summed E-state index contributed by atoms with van der Waals surface area (Å²) in [6.45, 7) is 5.86. The van der Waals surface area contributed by atoms with E-state index in [-0.39, 0.29) is 17.0 Å². The number of fused-ring (bicyclic) bond motifs is 3. The first kappa shape index (κ1) is 28.0. The number of carbonyl (C=O) groups is 2. The van der Waals surface area contributed by atoms with Gasteiger partial charge in [-0.25, -0.2) is 9.59 Å². The molecule has 0 aliphatic heterocycles. The first-order valence-corrected chi connectivity index (χ1v) is 12.3. The summed E-state index contributed by atoms with van der Waals surface area (Å²) in [7, 11) is 0. The summed E-state index contributed by atoms with van der Waals surface area (Å²) in [4.78, 5) is 26.2. The number of carbonyl (C=O) groups excluding carboxylic acids is 2. The highest BCUT2D eigenvalue weighted by atomic mass is 19.4. The Bertz CT molecular complexity index is 1170. The van der Waals surface area contributed by atoms with Gasteiger partial charge in [-0.2, -0.15) is 26.3 Å². The number of hydrogen-bond donors (Lipinski definition) is 0. The highest BCUT2D eigenvalue weighted by Gasteiger charge is 2.63. The molecule has 3 aliphatic rings. The van der Waals surface area contributed by atoms with Gasteiger partial charge < -0.3 is 9.47 Å². The van der Waals surface area contributed by atoms with E-state index in [1.54, 1.807) is 0 Å². The molecule has 3 fully saturated rings. The molecule has 2 bridgehead atoms. The van der Waals surface area contributed by atoms with E-state index in [0.29, 0.717) is 25.7 Å². The fourth-order valence-electron chi connectivity index (χ4n) is 5.77. The van der Waals surface area contributed by atoms with E-state index in [4.69, 9.17) is 9.47 Å². The van der Waals surface area contributed by atoms with Gasteiger partial charge in [-0.15, -0.1) is 0 Å². The maximum absolute atomic E-state index is 13.1. The van der Waals surface area contributed by atoms with Crippen molar-refractivity contribution in [2.24, 2.45) is 16.7 Å². The van der Waals surface area contributed by atoms with E-state index in [0.717, 1.165) is 48.5 Å². The number of alkyl halides is 6. The van der Waals surface area contributed by atoms with Gasteiger partial charge in [0.05, 0.1) is 22.3 Å². The highest BCUT2D eigenvalue weighted by Crippen LogP contribution is 2.61. The Morgan fingerprint density at radius 1 is 0.711 bits per heavy atom. The van der Waals surface area contributed by atoms with Gasteiger partial charge in [-0.3, -0.25) is 0 Å². The molecule has 3 aliphatic carbocycles. The fraction of sp³-hybridized carbons (Fsp3) is 0.500. The molecule has 2 aromatic carbocycles. The lowest BCUT2D eigenvalue weighted by molar-refractivity contribution is -0.210. The zero-order valence-corrected chi connectivity index (χ0v) is 21.1. The number of rotatable bonds is 5. The molecule has 3 saturated carbocycles. The van der Waals surface area contributed by atoms with E-state index in [9.17, 15) is 35.9 Å². The normalized spacial score (nSPS) is 27.3. The van der Waals surface area contributed by atoms with Gasteiger partial charge in [0.15, 0.2) is 0 Å². The molecule has 10 heteroatoms. The van der Waals surface area contributed by atoms with Crippen molar-refractivity contribution in [1.29, 1.82) is 0 Å². The number of ether oxygens (including phenoxy) is 2. The Hall–Kier alpha value is -3.04. The molecular formula is C28H28F6O4. The van der Waals surface area contributed by atoms with Crippen molar-refractivity contribution in [3.8, 4) is 0 Å². The fourth-order valence-corrected chi connectivity index (χ4v) is 5.77. The number of hydrogen-bond acceptors (Lipinski definition) is 4. The average Bonchev–Trinajstić information content (AvgIpc) is 2.85. The van der Waals surface area contributed by atoms with Crippen LogP contribution in [0, 0.1) is 16.7 Å². The van der Waals surface area contributed by atoms with Crippen LogP contribution in [0.5, 0.6) is 0 Å². The standard InChI is InChI=1S/C28H28F6O4/c1-16(2)26-14-12-25(3,13-15-26)21(37-23(35)17-4-8-19(9-5-17)27(29,30)31)22(26)38-24(36)18-6-10-20(11-7-18)28(32,33)34/h4-11,16,21-22H,12-15H2,1-3H3. The summed E-state index contributed by atoms with van der Waals surface area (Å²) < 4.78 is 89.5. The minimum Gasteiger partial charge on any atom is -0.454 e. The minimum atomic E-state index is -4.56. The molecule has 5 rings (SSSR count). The van der Waals surface area contributed by atoms with Crippen LogP contribution < -0.4 is 0 Å². The Morgan fingerprint density at radius 2 is 1.08 bits per heavy atom. The molecule has 0 amide bonds. The largest absolute Gasteiger partial charge is 0.454 e. The molecule has 0 aromatic heterocycles. The van der Waals surface area contributed by atoms with E-state index in [1.165, 1.54) is 0 Å². The van der Waals surface area contributed by atoms with Crippen molar-refractivity contribution >= 4 is 11.9 Å². The van der Waals surface area contributed by atoms with Crippen LogP contribution in [-0.2, 0) is 21.8 Å². The first-order chi connectivity index (χ1) is 17.6. The van der Waals surface area contributed by atoms with Crippen LogP contribution in [0.1, 0.15) is 78.3 Å². The van der Waals surface area contributed by atoms with Crippen molar-refractivity contribution < 1.29 is 45.4 Å². The zero-order valence-electron chi connectivity index (χ0n) is 21.1. The summed E-state index contributed by atoms with van der Waals surface area (Å²) in [5.74, 6) is -1.66. The third-order valence-corrected chi connectivity index (χ3v) is 8.37. The second-order valence-corrected chi connectivity index (χ2v) is 10.8. The predicted molar refractivity (Wildman–Crippen MR) is 125 cm³/mol. The third-order valence-electron chi connectivity index (χ3n) is 8.37. The molecule has 0 heterocycles. The summed E-state index contributed by atoms with van der Waals surface area (Å²) in [6, 6.07) is 7.34. The van der Waals surface area contributed by atoms with Gasteiger partial charge in [-0.05, 0) is 80.1 Å². The van der Waals surface area contributed by atoms with Gasteiger partial charge in [0.25, 0.3) is 0 Å². The number of halogens is 6. The van der Waals surface area contributed by atoms with Gasteiger partial charge in [-0.1, -0.05) is 20.8 Å². The molecule has 206 valence electrons. The lowest BCUT2D eigenvalue weighted by Crippen LogP contribution is -2.64. The topological polar surface area (TPSA) is 52.6 Å². The van der Waals surface area contributed by atoms with Gasteiger partial charge in [0.1, 0.15) is 12.2 Å². The predicted octanol–water partition coefficient (Wildman–Crippen LogP) is 7.71. The highest BCUT2D eigenvalue weighted by molar-refractivity contribution is 5.90. The Kier molecular flexibility index (Phi) is 7.08. The lowest BCUT2D eigenvalue weighted by atomic mass is 9.48. The summed E-state index contributed by atoms with van der Waals surface area (Å²) in [6.07, 6.45) is -8.13. The van der Waals surface area contributed by atoms with Crippen molar-refractivity contribution in [2.75, 3.05) is 0 Å². The van der Waals surface area contributed by atoms with Crippen LogP contribution in [0.2, 0.25) is 0 Å². The zero-order chi connectivity index (χ0) is 28.1. The van der Waals surface area contributed by atoms with Crippen molar-refractivity contribution in [1.82, 2.24) is 0 Å². The number of benzene rings is 2. The summed E-state index contributed by atoms with van der Waals surface area (Å²) in [5, 5.41) is 0. The van der Waals surface area contributed by atoms with E-state index in [1.807, 2.05) is 20.8 Å². The van der Waals surface area contributed by atoms with Gasteiger partial charge in [0.2, 0.25) is 0 Å². The Balaban J connectivity index is 1.62. The Labute approximate surface area is 216 Å². The smallest absolute Gasteiger partial charge is 0.416 e.